The topological polar surface area (TPSA) is 84.1 Å². The molecular formula is C30H37N5O2S. The molecule has 0 unspecified atom stereocenters. The molecule has 0 saturated carbocycles. The number of aromatic nitrogens is 4. The third kappa shape index (κ3) is 5.19. The number of phenolic OH excluding ortho intramolecular Hbond substituents is 1. The highest BCUT2D eigenvalue weighted by atomic mass is 32.1. The van der Waals surface area contributed by atoms with Crippen molar-refractivity contribution in [2.45, 2.75) is 77.7 Å². The molecule has 3 aromatic heterocycles. The summed E-state index contributed by atoms with van der Waals surface area (Å²) in [6, 6.07) is 7.96. The smallest absolute Gasteiger partial charge is 0.242 e. The first kappa shape index (κ1) is 26.4. The number of likely N-dealkylation sites (tertiary alicyclic amines) is 1. The SMILES string of the molecule is CC(C)(C)c1cc(-c2nc(C3CCN(C(=O)Cn4cnc5cccnc54)CC3)cs2)cc(C(C)(C)C)c1O. The van der Waals surface area contributed by atoms with Crippen LogP contribution in [0, 0.1) is 0 Å². The lowest BCUT2D eigenvalue weighted by Crippen LogP contribution is -2.39. The monoisotopic (exact) mass is 531 g/mol. The number of imidazole rings is 1. The fraction of sp³-hybridized carbons (Fsp3) is 0.467. The fourth-order valence-electron chi connectivity index (χ4n) is 5.19. The van der Waals surface area contributed by atoms with Gasteiger partial charge in [-0.15, -0.1) is 11.3 Å². The Morgan fingerprint density at radius 1 is 1.05 bits per heavy atom. The minimum absolute atomic E-state index is 0.0980. The average Bonchev–Trinajstić information content (AvgIpc) is 3.51. The third-order valence-electron chi connectivity index (χ3n) is 7.44. The summed E-state index contributed by atoms with van der Waals surface area (Å²) < 4.78 is 1.83. The predicted molar refractivity (Wildman–Crippen MR) is 153 cm³/mol. The van der Waals surface area contributed by atoms with Crippen LogP contribution in [0.3, 0.4) is 0 Å². The van der Waals surface area contributed by atoms with E-state index in [4.69, 9.17) is 4.98 Å². The normalized spacial score (nSPS) is 15.4. The summed E-state index contributed by atoms with van der Waals surface area (Å²) in [5.74, 6) is 0.823. The lowest BCUT2D eigenvalue weighted by molar-refractivity contribution is -0.132. The summed E-state index contributed by atoms with van der Waals surface area (Å²) in [5, 5.41) is 14.2. The minimum Gasteiger partial charge on any atom is -0.507 e. The maximum absolute atomic E-state index is 13.0. The number of thiazole rings is 1. The van der Waals surface area contributed by atoms with Gasteiger partial charge in [-0.2, -0.15) is 0 Å². The Bertz CT molecular complexity index is 1430. The molecule has 1 saturated heterocycles. The summed E-state index contributed by atoms with van der Waals surface area (Å²) in [6.45, 7) is 14.5. The first-order valence-corrected chi connectivity index (χ1v) is 14.2. The van der Waals surface area contributed by atoms with Gasteiger partial charge in [0.1, 0.15) is 22.8 Å². The summed E-state index contributed by atoms with van der Waals surface area (Å²) >= 11 is 1.66. The molecule has 1 amide bonds. The number of piperidine rings is 1. The molecule has 0 aliphatic carbocycles. The molecule has 7 nitrogen and oxygen atoms in total. The number of hydrogen-bond donors (Lipinski definition) is 1. The first-order chi connectivity index (χ1) is 17.9. The van der Waals surface area contributed by atoms with Crippen molar-refractivity contribution in [3.05, 3.63) is 59.0 Å². The molecule has 4 heterocycles. The lowest BCUT2D eigenvalue weighted by Gasteiger charge is -2.31. The standard InChI is InChI=1S/C30H37N5O2S/c1-29(2,3)21-14-20(15-22(26(21)37)30(4,5)6)28-33-24(17-38-28)19-9-12-34(13-10-19)25(36)16-35-18-32-23-8-7-11-31-27(23)35/h7-8,11,14-15,17-19,37H,9-10,12-13,16H2,1-6H3. The van der Waals surface area contributed by atoms with Crippen molar-refractivity contribution in [1.29, 1.82) is 0 Å². The number of rotatable bonds is 4. The highest BCUT2D eigenvalue weighted by Gasteiger charge is 2.29. The molecule has 0 atom stereocenters. The zero-order valence-corrected chi connectivity index (χ0v) is 24.0. The Balaban J connectivity index is 1.29. The van der Waals surface area contributed by atoms with Gasteiger partial charge in [0.05, 0.1) is 12.0 Å². The number of benzene rings is 1. The number of nitrogens with zero attached hydrogens (tertiary/aromatic N) is 5. The van der Waals surface area contributed by atoms with Gasteiger partial charge in [0.25, 0.3) is 0 Å². The molecule has 5 rings (SSSR count). The molecule has 38 heavy (non-hydrogen) atoms. The van der Waals surface area contributed by atoms with Gasteiger partial charge in [-0.05, 0) is 47.9 Å². The zero-order valence-electron chi connectivity index (χ0n) is 23.2. The van der Waals surface area contributed by atoms with E-state index < -0.39 is 0 Å². The Kier molecular flexibility index (Phi) is 6.80. The summed E-state index contributed by atoms with van der Waals surface area (Å²) in [4.78, 5) is 28.7. The van der Waals surface area contributed by atoms with Crippen LogP contribution in [0.4, 0.5) is 0 Å². The van der Waals surface area contributed by atoms with Gasteiger partial charge >= 0.3 is 0 Å². The molecule has 0 spiro atoms. The maximum atomic E-state index is 13.0. The van der Waals surface area contributed by atoms with E-state index in [1.54, 1.807) is 23.9 Å². The second kappa shape index (κ2) is 9.80. The van der Waals surface area contributed by atoms with E-state index in [0.717, 1.165) is 64.5 Å². The van der Waals surface area contributed by atoms with E-state index in [2.05, 4.69) is 69.0 Å². The molecule has 200 valence electrons. The van der Waals surface area contributed by atoms with Crippen LogP contribution in [-0.4, -0.2) is 48.5 Å². The summed E-state index contributed by atoms with van der Waals surface area (Å²) in [5.41, 5.74) is 5.23. The summed E-state index contributed by atoms with van der Waals surface area (Å²) in [7, 11) is 0. The number of aromatic hydroxyl groups is 1. The van der Waals surface area contributed by atoms with Crippen LogP contribution in [0.15, 0.2) is 42.2 Å². The Labute approximate surface area is 228 Å². The van der Waals surface area contributed by atoms with E-state index in [1.807, 2.05) is 21.6 Å². The van der Waals surface area contributed by atoms with E-state index in [9.17, 15) is 9.90 Å². The van der Waals surface area contributed by atoms with Crippen molar-refractivity contribution >= 4 is 28.4 Å². The van der Waals surface area contributed by atoms with Crippen LogP contribution in [-0.2, 0) is 22.2 Å². The molecule has 0 radical (unpaired) electrons. The lowest BCUT2D eigenvalue weighted by atomic mass is 9.78. The van der Waals surface area contributed by atoms with Gasteiger partial charge in [-0.3, -0.25) is 4.79 Å². The van der Waals surface area contributed by atoms with Crippen LogP contribution in [0.1, 0.15) is 77.1 Å². The molecule has 1 N–H and O–H groups in total. The average molecular weight is 532 g/mol. The molecular weight excluding hydrogens is 494 g/mol. The van der Waals surface area contributed by atoms with Crippen LogP contribution < -0.4 is 0 Å². The number of hydrogen-bond acceptors (Lipinski definition) is 6. The van der Waals surface area contributed by atoms with Crippen molar-refractivity contribution in [1.82, 2.24) is 24.4 Å². The number of pyridine rings is 1. The first-order valence-electron chi connectivity index (χ1n) is 13.3. The van der Waals surface area contributed by atoms with Gasteiger partial charge in [0.2, 0.25) is 5.91 Å². The number of amides is 1. The second-order valence-corrected chi connectivity index (χ2v) is 13.2. The van der Waals surface area contributed by atoms with Crippen molar-refractivity contribution in [3.8, 4) is 16.3 Å². The van der Waals surface area contributed by atoms with Gasteiger partial charge in [0, 0.05) is 47.3 Å². The fourth-order valence-corrected chi connectivity index (χ4v) is 6.08. The van der Waals surface area contributed by atoms with Crippen LogP contribution in [0.25, 0.3) is 21.7 Å². The minimum atomic E-state index is -0.182. The van der Waals surface area contributed by atoms with E-state index in [1.165, 1.54) is 0 Å². The number of carbonyl (C=O) groups excluding carboxylic acids is 1. The highest BCUT2D eigenvalue weighted by molar-refractivity contribution is 7.13. The van der Waals surface area contributed by atoms with E-state index in [0.29, 0.717) is 11.7 Å². The molecule has 0 bridgehead atoms. The Morgan fingerprint density at radius 3 is 2.34 bits per heavy atom. The van der Waals surface area contributed by atoms with Gasteiger partial charge in [-0.25, -0.2) is 15.0 Å². The quantitative estimate of drug-likeness (QED) is 0.336. The number of fused-ring (bicyclic) bond motifs is 1. The summed E-state index contributed by atoms with van der Waals surface area (Å²) in [6.07, 6.45) is 5.21. The molecule has 8 heteroatoms. The van der Waals surface area contributed by atoms with Gasteiger partial charge in [-0.1, -0.05) is 41.5 Å². The zero-order chi connectivity index (χ0) is 27.2. The largest absolute Gasteiger partial charge is 0.507 e. The van der Waals surface area contributed by atoms with E-state index in [-0.39, 0.29) is 23.3 Å². The second-order valence-electron chi connectivity index (χ2n) is 12.4. The molecule has 1 fully saturated rings. The van der Waals surface area contributed by atoms with Crippen molar-refractivity contribution in [2.24, 2.45) is 0 Å². The molecule has 1 aliphatic heterocycles. The molecule has 1 aromatic carbocycles. The highest BCUT2D eigenvalue weighted by Crippen LogP contribution is 2.43. The predicted octanol–water partition coefficient (Wildman–Crippen LogP) is 6.26. The van der Waals surface area contributed by atoms with Gasteiger partial charge < -0.3 is 14.6 Å². The maximum Gasteiger partial charge on any atom is 0.242 e. The third-order valence-corrected chi connectivity index (χ3v) is 8.35. The number of carbonyl (C=O) groups is 1. The van der Waals surface area contributed by atoms with Crippen LogP contribution >= 0.6 is 11.3 Å². The van der Waals surface area contributed by atoms with Crippen molar-refractivity contribution in [3.63, 3.8) is 0 Å². The van der Waals surface area contributed by atoms with Gasteiger partial charge in [0.15, 0.2) is 5.65 Å². The van der Waals surface area contributed by atoms with Crippen LogP contribution in [0.5, 0.6) is 5.75 Å². The van der Waals surface area contributed by atoms with E-state index >= 15 is 0 Å². The van der Waals surface area contributed by atoms with Crippen molar-refractivity contribution in [2.75, 3.05) is 13.1 Å². The number of phenols is 1. The Hall–Kier alpha value is -3.26. The Morgan fingerprint density at radius 2 is 1.71 bits per heavy atom. The molecule has 4 aromatic rings. The molecule has 1 aliphatic rings. The van der Waals surface area contributed by atoms with Crippen molar-refractivity contribution < 1.29 is 9.90 Å². The van der Waals surface area contributed by atoms with Crippen LogP contribution in [0.2, 0.25) is 0 Å².